The number of hydrogen-bond acceptors (Lipinski definition) is 4. The molecule has 78 valence electrons. The van der Waals surface area contributed by atoms with Crippen molar-refractivity contribution in [3.63, 3.8) is 0 Å². The predicted molar refractivity (Wildman–Crippen MR) is 48.6 cm³/mol. The van der Waals surface area contributed by atoms with Crippen LogP contribution in [0.25, 0.3) is 0 Å². The van der Waals surface area contributed by atoms with E-state index in [-0.39, 0.29) is 23.6 Å². The van der Waals surface area contributed by atoms with Gasteiger partial charge in [-0.1, -0.05) is 11.6 Å². The average molecular weight is 222 g/mol. The average Bonchev–Trinajstić information content (AvgIpc) is 2.15. The maximum Gasteiger partial charge on any atom is 0.163 e. The molecule has 0 heterocycles. The SMILES string of the molecule is NOCCc1c(O)c(O)cc(Cl)c1F. The molecule has 0 saturated heterocycles. The maximum absolute atomic E-state index is 13.3. The van der Waals surface area contributed by atoms with Crippen LogP contribution in [0.2, 0.25) is 5.02 Å². The molecule has 0 unspecified atom stereocenters. The van der Waals surface area contributed by atoms with E-state index in [2.05, 4.69) is 4.84 Å². The Morgan fingerprint density at radius 1 is 1.50 bits per heavy atom. The Balaban J connectivity index is 3.11. The summed E-state index contributed by atoms with van der Waals surface area (Å²) in [7, 11) is 0. The summed E-state index contributed by atoms with van der Waals surface area (Å²) in [6.45, 7) is 0.0181. The van der Waals surface area contributed by atoms with Gasteiger partial charge in [-0.2, -0.15) is 0 Å². The van der Waals surface area contributed by atoms with Crippen molar-refractivity contribution in [3.8, 4) is 11.5 Å². The van der Waals surface area contributed by atoms with E-state index in [4.69, 9.17) is 22.6 Å². The monoisotopic (exact) mass is 221 g/mol. The number of phenols is 2. The number of rotatable bonds is 3. The number of nitrogens with two attached hydrogens (primary N) is 1. The minimum absolute atomic E-state index is 0.0181. The summed E-state index contributed by atoms with van der Waals surface area (Å²) in [5, 5.41) is 18.2. The molecule has 4 N–H and O–H groups in total. The number of halogens is 2. The second kappa shape index (κ2) is 4.45. The molecule has 14 heavy (non-hydrogen) atoms. The Morgan fingerprint density at radius 2 is 2.14 bits per heavy atom. The molecule has 0 saturated carbocycles. The molecule has 0 aliphatic carbocycles. The van der Waals surface area contributed by atoms with Crippen molar-refractivity contribution < 1.29 is 19.4 Å². The highest BCUT2D eigenvalue weighted by Gasteiger charge is 2.16. The van der Waals surface area contributed by atoms with E-state index in [1.165, 1.54) is 0 Å². The number of phenolic OH excluding ortho intramolecular Hbond substituents is 2. The van der Waals surface area contributed by atoms with Gasteiger partial charge in [0.1, 0.15) is 5.82 Å². The zero-order valence-electron chi connectivity index (χ0n) is 7.13. The molecular weight excluding hydrogens is 213 g/mol. The minimum Gasteiger partial charge on any atom is -0.504 e. The van der Waals surface area contributed by atoms with Crippen LogP contribution in [0.3, 0.4) is 0 Å². The van der Waals surface area contributed by atoms with Gasteiger partial charge in [-0.05, 0) is 0 Å². The predicted octanol–water partition coefficient (Wildman–Crippen LogP) is 1.32. The van der Waals surface area contributed by atoms with Crippen LogP contribution < -0.4 is 5.90 Å². The highest BCUT2D eigenvalue weighted by atomic mass is 35.5. The van der Waals surface area contributed by atoms with E-state index in [9.17, 15) is 9.50 Å². The molecule has 0 amide bonds. The Morgan fingerprint density at radius 3 is 2.71 bits per heavy atom. The first-order valence-corrected chi connectivity index (χ1v) is 4.16. The van der Waals surface area contributed by atoms with Gasteiger partial charge in [0.2, 0.25) is 0 Å². The van der Waals surface area contributed by atoms with Gasteiger partial charge in [0, 0.05) is 18.1 Å². The van der Waals surface area contributed by atoms with Gasteiger partial charge in [-0.15, -0.1) is 0 Å². The largest absolute Gasteiger partial charge is 0.504 e. The van der Waals surface area contributed by atoms with Crippen LogP contribution in [0.5, 0.6) is 11.5 Å². The van der Waals surface area contributed by atoms with Gasteiger partial charge in [-0.25, -0.2) is 10.3 Å². The van der Waals surface area contributed by atoms with Crippen LogP contribution in [0.1, 0.15) is 5.56 Å². The van der Waals surface area contributed by atoms with Crippen LogP contribution in [-0.4, -0.2) is 16.8 Å². The van der Waals surface area contributed by atoms with Gasteiger partial charge in [0.15, 0.2) is 11.5 Å². The fraction of sp³-hybridized carbons (Fsp3) is 0.250. The lowest BCUT2D eigenvalue weighted by molar-refractivity contribution is 0.140. The van der Waals surface area contributed by atoms with E-state index in [1.807, 2.05) is 0 Å². The van der Waals surface area contributed by atoms with E-state index in [0.717, 1.165) is 6.07 Å². The zero-order chi connectivity index (χ0) is 10.7. The maximum atomic E-state index is 13.3. The smallest absolute Gasteiger partial charge is 0.163 e. The van der Waals surface area contributed by atoms with Crippen LogP contribution in [-0.2, 0) is 11.3 Å². The van der Waals surface area contributed by atoms with Crippen molar-refractivity contribution in [2.45, 2.75) is 6.42 Å². The summed E-state index contributed by atoms with van der Waals surface area (Å²) in [6.07, 6.45) is 0.0300. The summed E-state index contributed by atoms with van der Waals surface area (Å²) in [6, 6.07) is 0.930. The summed E-state index contributed by atoms with van der Waals surface area (Å²) in [4.78, 5) is 4.23. The molecule has 4 nitrogen and oxygen atoms in total. The van der Waals surface area contributed by atoms with Gasteiger partial charge in [0.05, 0.1) is 11.6 Å². The first-order chi connectivity index (χ1) is 6.57. The van der Waals surface area contributed by atoms with Crippen LogP contribution >= 0.6 is 11.6 Å². The van der Waals surface area contributed by atoms with Crippen molar-refractivity contribution in [1.29, 1.82) is 0 Å². The summed E-state index contributed by atoms with van der Waals surface area (Å²) in [5.74, 6) is 2.97. The van der Waals surface area contributed by atoms with Gasteiger partial charge >= 0.3 is 0 Å². The van der Waals surface area contributed by atoms with Crippen molar-refractivity contribution in [3.05, 3.63) is 22.5 Å². The molecule has 1 aromatic carbocycles. The summed E-state index contributed by atoms with van der Waals surface area (Å²) < 4.78 is 13.3. The third-order valence-electron chi connectivity index (χ3n) is 1.74. The molecule has 1 aromatic rings. The van der Waals surface area contributed by atoms with Crippen molar-refractivity contribution in [2.24, 2.45) is 5.90 Å². The molecule has 0 atom stereocenters. The molecule has 0 aliphatic heterocycles. The van der Waals surface area contributed by atoms with Gasteiger partial charge in [0.25, 0.3) is 0 Å². The molecule has 0 aromatic heterocycles. The Kier molecular flexibility index (Phi) is 3.51. The van der Waals surface area contributed by atoms with Crippen LogP contribution in [0.15, 0.2) is 6.07 Å². The molecule has 0 fully saturated rings. The molecule has 6 heteroatoms. The molecule has 0 bridgehead atoms. The Hall–Kier alpha value is -1.04. The molecular formula is C8H9ClFNO3. The molecule has 0 radical (unpaired) electrons. The fourth-order valence-electron chi connectivity index (χ4n) is 1.04. The molecule has 1 rings (SSSR count). The van der Waals surface area contributed by atoms with Crippen LogP contribution in [0.4, 0.5) is 4.39 Å². The van der Waals surface area contributed by atoms with Crippen molar-refractivity contribution in [1.82, 2.24) is 0 Å². The Labute approximate surface area is 84.6 Å². The highest BCUT2D eigenvalue weighted by Crippen LogP contribution is 2.35. The lowest BCUT2D eigenvalue weighted by atomic mass is 10.1. The van der Waals surface area contributed by atoms with Gasteiger partial charge < -0.3 is 15.1 Å². The second-order valence-corrected chi connectivity index (χ2v) is 3.05. The van der Waals surface area contributed by atoms with E-state index in [0.29, 0.717) is 0 Å². The van der Waals surface area contributed by atoms with E-state index in [1.54, 1.807) is 0 Å². The number of aromatic hydroxyl groups is 2. The highest BCUT2D eigenvalue weighted by molar-refractivity contribution is 6.31. The first-order valence-electron chi connectivity index (χ1n) is 3.78. The normalized spacial score (nSPS) is 10.5. The third kappa shape index (κ3) is 2.06. The second-order valence-electron chi connectivity index (χ2n) is 2.64. The van der Waals surface area contributed by atoms with Crippen LogP contribution in [0, 0.1) is 5.82 Å². The number of benzene rings is 1. The summed E-state index contributed by atoms with van der Waals surface area (Å²) >= 11 is 5.45. The van der Waals surface area contributed by atoms with Crippen molar-refractivity contribution in [2.75, 3.05) is 6.61 Å². The van der Waals surface area contributed by atoms with E-state index < -0.39 is 17.3 Å². The fourth-order valence-corrected chi connectivity index (χ4v) is 1.26. The zero-order valence-corrected chi connectivity index (χ0v) is 7.88. The first kappa shape index (κ1) is 11.0. The third-order valence-corrected chi connectivity index (χ3v) is 2.01. The molecule has 0 spiro atoms. The number of hydrogen-bond donors (Lipinski definition) is 3. The Bertz CT molecular complexity index is 320. The lowest BCUT2D eigenvalue weighted by Crippen LogP contribution is -2.05. The minimum atomic E-state index is -0.779. The standard InChI is InChI=1S/C8H9ClFNO3/c9-5-3-6(12)8(13)4(7(5)10)1-2-14-11/h3,12-13H,1-2,11H2. The molecule has 0 aliphatic rings. The quantitative estimate of drug-likeness (QED) is 0.532. The van der Waals surface area contributed by atoms with Gasteiger partial charge in [-0.3, -0.25) is 0 Å². The van der Waals surface area contributed by atoms with E-state index >= 15 is 0 Å². The lowest BCUT2D eigenvalue weighted by Gasteiger charge is -2.08. The summed E-state index contributed by atoms with van der Waals surface area (Å²) in [5.41, 5.74) is -0.111. The topological polar surface area (TPSA) is 75.7 Å². The van der Waals surface area contributed by atoms with Crippen molar-refractivity contribution >= 4 is 11.6 Å².